The minimum absolute atomic E-state index is 0.914. The molecule has 1 aromatic heterocycles. The number of fused-ring (bicyclic) bond motifs is 10. The Labute approximate surface area is 277 Å². The number of furan rings is 1. The van der Waals surface area contributed by atoms with Gasteiger partial charge in [-0.1, -0.05) is 133 Å². The Kier molecular flexibility index (Phi) is 5.91. The van der Waals surface area contributed by atoms with Gasteiger partial charge >= 0.3 is 0 Å². The zero-order chi connectivity index (χ0) is 31.6. The summed E-state index contributed by atoms with van der Waals surface area (Å²) in [6.07, 6.45) is 0. The van der Waals surface area contributed by atoms with E-state index in [2.05, 4.69) is 169 Å². The molecule has 0 N–H and O–H groups in total. The van der Waals surface area contributed by atoms with Crippen molar-refractivity contribution in [3.8, 4) is 11.1 Å². The van der Waals surface area contributed by atoms with Crippen molar-refractivity contribution in [2.75, 3.05) is 4.90 Å². The molecular formula is C46H29NO. The van der Waals surface area contributed by atoms with Gasteiger partial charge in [-0.05, 0) is 80.3 Å². The van der Waals surface area contributed by atoms with Crippen molar-refractivity contribution in [3.63, 3.8) is 0 Å². The van der Waals surface area contributed by atoms with Crippen LogP contribution in [0.25, 0.3) is 76.2 Å². The lowest BCUT2D eigenvalue weighted by Gasteiger charge is -2.30. The van der Waals surface area contributed by atoms with Crippen LogP contribution in [0.15, 0.2) is 180 Å². The number of rotatable bonds is 4. The minimum Gasteiger partial charge on any atom is -0.455 e. The number of hydrogen-bond acceptors (Lipinski definition) is 2. The third kappa shape index (κ3) is 4.06. The fraction of sp³-hybridized carbons (Fsp3) is 0. The van der Waals surface area contributed by atoms with Crippen molar-refractivity contribution in [2.24, 2.45) is 0 Å². The highest BCUT2D eigenvalue weighted by molar-refractivity contribution is 6.24. The van der Waals surface area contributed by atoms with Crippen LogP contribution in [0.2, 0.25) is 0 Å². The Bertz CT molecular complexity index is 2850. The van der Waals surface area contributed by atoms with E-state index in [1.807, 2.05) is 12.1 Å². The lowest BCUT2D eigenvalue weighted by Crippen LogP contribution is -2.12. The van der Waals surface area contributed by atoms with Gasteiger partial charge in [-0.25, -0.2) is 0 Å². The Morgan fingerprint density at radius 2 is 1.04 bits per heavy atom. The van der Waals surface area contributed by atoms with E-state index in [1.165, 1.54) is 43.4 Å². The summed E-state index contributed by atoms with van der Waals surface area (Å²) in [5, 5.41) is 12.0. The molecule has 10 aromatic rings. The van der Waals surface area contributed by atoms with Crippen LogP contribution < -0.4 is 4.90 Å². The highest BCUT2D eigenvalue weighted by Gasteiger charge is 2.22. The molecule has 48 heavy (non-hydrogen) atoms. The zero-order valence-corrected chi connectivity index (χ0v) is 26.1. The summed E-state index contributed by atoms with van der Waals surface area (Å²) in [5.74, 6) is 0. The second-order valence-corrected chi connectivity index (χ2v) is 12.5. The number of anilines is 3. The first-order chi connectivity index (χ1) is 23.8. The quantitative estimate of drug-likeness (QED) is 0.184. The molecule has 0 aliphatic heterocycles. The van der Waals surface area contributed by atoms with Crippen LogP contribution in [0.4, 0.5) is 17.1 Å². The Morgan fingerprint density at radius 3 is 1.94 bits per heavy atom. The second kappa shape index (κ2) is 10.6. The van der Waals surface area contributed by atoms with E-state index in [4.69, 9.17) is 4.42 Å². The van der Waals surface area contributed by atoms with Crippen LogP contribution in [0.1, 0.15) is 0 Å². The summed E-state index contributed by atoms with van der Waals surface area (Å²) < 4.78 is 6.44. The zero-order valence-electron chi connectivity index (χ0n) is 26.1. The summed E-state index contributed by atoms with van der Waals surface area (Å²) in [4.78, 5) is 2.45. The summed E-state index contributed by atoms with van der Waals surface area (Å²) in [7, 11) is 0. The third-order valence-electron chi connectivity index (χ3n) is 9.80. The highest BCUT2D eigenvalue weighted by Crippen LogP contribution is 2.47. The van der Waals surface area contributed by atoms with Gasteiger partial charge in [0.2, 0.25) is 0 Å². The second-order valence-electron chi connectivity index (χ2n) is 12.5. The number of nitrogens with zero attached hydrogens (tertiary/aromatic N) is 1. The Balaban J connectivity index is 1.29. The smallest absolute Gasteiger partial charge is 0.143 e. The van der Waals surface area contributed by atoms with Crippen LogP contribution in [0.3, 0.4) is 0 Å². The van der Waals surface area contributed by atoms with Gasteiger partial charge in [0, 0.05) is 32.8 Å². The van der Waals surface area contributed by atoms with Crippen molar-refractivity contribution in [1.82, 2.24) is 0 Å². The first-order valence-electron chi connectivity index (χ1n) is 16.4. The summed E-state index contributed by atoms with van der Waals surface area (Å²) in [6.45, 7) is 0. The van der Waals surface area contributed by atoms with Crippen molar-refractivity contribution < 1.29 is 4.42 Å². The number of benzene rings is 9. The molecule has 0 spiro atoms. The molecule has 1 heterocycles. The third-order valence-corrected chi connectivity index (χ3v) is 9.80. The Morgan fingerprint density at radius 1 is 0.375 bits per heavy atom. The van der Waals surface area contributed by atoms with E-state index >= 15 is 0 Å². The van der Waals surface area contributed by atoms with Gasteiger partial charge in [0.1, 0.15) is 11.2 Å². The minimum atomic E-state index is 0.914. The largest absolute Gasteiger partial charge is 0.455 e. The van der Waals surface area contributed by atoms with Gasteiger partial charge < -0.3 is 9.32 Å². The molecule has 0 bridgehead atoms. The molecule has 2 heteroatoms. The summed E-state index contributed by atoms with van der Waals surface area (Å²) >= 11 is 0. The van der Waals surface area contributed by atoms with E-state index in [9.17, 15) is 0 Å². The van der Waals surface area contributed by atoms with E-state index in [0.717, 1.165) is 49.8 Å². The maximum atomic E-state index is 6.44. The maximum Gasteiger partial charge on any atom is 0.143 e. The molecule has 2 nitrogen and oxygen atoms in total. The molecule has 10 rings (SSSR count). The fourth-order valence-corrected chi connectivity index (χ4v) is 7.62. The molecule has 0 amide bonds. The van der Waals surface area contributed by atoms with Crippen molar-refractivity contribution in [1.29, 1.82) is 0 Å². The standard InChI is InChI=1S/C46H29NO/c1-2-12-30(13-3-1)35-15-8-10-20-42(35)47(34-25-27-37-32(28-34)24-26-41-39-18-9-11-21-44(39)48-46(37)41)43-29-33-23-22-31-14-4-5-16-36(31)45(33)40-19-7-6-17-38(40)43/h1-29H. The van der Waals surface area contributed by atoms with Gasteiger partial charge in [-0.2, -0.15) is 0 Å². The predicted octanol–water partition coefficient (Wildman–Crippen LogP) is 13.3. The molecule has 0 radical (unpaired) electrons. The molecule has 0 aliphatic carbocycles. The van der Waals surface area contributed by atoms with Crippen LogP contribution >= 0.6 is 0 Å². The molecule has 0 saturated heterocycles. The van der Waals surface area contributed by atoms with Crippen LogP contribution in [-0.4, -0.2) is 0 Å². The molecule has 9 aromatic carbocycles. The van der Waals surface area contributed by atoms with Crippen LogP contribution in [0.5, 0.6) is 0 Å². The summed E-state index contributed by atoms with van der Waals surface area (Å²) in [6, 6.07) is 63.4. The lowest BCUT2D eigenvalue weighted by atomic mass is 9.94. The molecule has 0 unspecified atom stereocenters. The van der Waals surface area contributed by atoms with Crippen LogP contribution in [-0.2, 0) is 0 Å². The van der Waals surface area contributed by atoms with E-state index in [1.54, 1.807) is 0 Å². The molecular weight excluding hydrogens is 583 g/mol. The van der Waals surface area contributed by atoms with Crippen LogP contribution in [0, 0.1) is 0 Å². The van der Waals surface area contributed by atoms with Gasteiger partial charge in [0.15, 0.2) is 0 Å². The van der Waals surface area contributed by atoms with Gasteiger partial charge in [-0.3, -0.25) is 0 Å². The average molecular weight is 612 g/mol. The molecule has 224 valence electrons. The van der Waals surface area contributed by atoms with E-state index in [0.29, 0.717) is 0 Å². The van der Waals surface area contributed by atoms with E-state index in [-0.39, 0.29) is 0 Å². The van der Waals surface area contributed by atoms with Crippen molar-refractivity contribution in [3.05, 3.63) is 176 Å². The fourth-order valence-electron chi connectivity index (χ4n) is 7.62. The molecule has 0 atom stereocenters. The SMILES string of the molecule is c1ccc(-c2ccccc2N(c2ccc3c(ccc4c5ccccc5oc34)c2)c2cc3ccc4ccccc4c3c3ccccc23)cc1. The maximum absolute atomic E-state index is 6.44. The first kappa shape index (κ1) is 26.8. The monoisotopic (exact) mass is 611 g/mol. The average Bonchev–Trinajstić information content (AvgIpc) is 3.54. The summed E-state index contributed by atoms with van der Waals surface area (Å²) in [5.41, 5.74) is 7.55. The molecule has 0 aliphatic rings. The topological polar surface area (TPSA) is 16.4 Å². The first-order valence-corrected chi connectivity index (χ1v) is 16.4. The van der Waals surface area contributed by atoms with Gasteiger partial charge in [0.05, 0.1) is 11.4 Å². The predicted molar refractivity (Wildman–Crippen MR) is 204 cm³/mol. The van der Waals surface area contributed by atoms with Gasteiger partial charge in [-0.15, -0.1) is 0 Å². The van der Waals surface area contributed by atoms with Gasteiger partial charge in [0.25, 0.3) is 0 Å². The number of hydrogen-bond donors (Lipinski definition) is 0. The highest BCUT2D eigenvalue weighted by atomic mass is 16.3. The molecule has 0 fully saturated rings. The van der Waals surface area contributed by atoms with Crippen molar-refractivity contribution >= 4 is 82.1 Å². The lowest BCUT2D eigenvalue weighted by molar-refractivity contribution is 0.672. The Hall–Kier alpha value is -6.38. The molecule has 0 saturated carbocycles. The number of para-hydroxylation sites is 2. The van der Waals surface area contributed by atoms with Crippen molar-refractivity contribution in [2.45, 2.75) is 0 Å². The van der Waals surface area contributed by atoms with E-state index < -0.39 is 0 Å². The normalized spacial score (nSPS) is 11.8.